The first kappa shape index (κ1) is 24.4. The zero-order valence-electron chi connectivity index (χ0n) is 18.2. The summed E-state index contributed by atoms with van der Waals surface area (Å²) >= 11 is 0. The molecule has 1 aliphatic rings. The van der Waals surface area contributed by atoms with E-state index in [1.165, 1.54) is 6.42 Å². The number of hydrogen-bond donors (Lipinski definition) is 2. The number of imidazole rings is 1. The molecule has 2 N–H and O–H groups in total. The van der Waals surface area contributed by atoms with Gasteiger partial charge in [0.1, 0.15) is 5.82 Å². The Bertz CT molecular complexity index is 834. The van der Waals surface area contributed by atoms with Crippen molar-refractivity contribution < 1.29 is 4.79 Å². The Morgan fingerprint density at radius 1 is 1.17 bits per heavy atom. The van der Waals surface area contributed by atoms with Crippen LogP contribution < -0.4 is 10.6 Å². The third-order valence-corrected chi connectivity index (χ3v) is 5.34. The van der Waals surface area contributed by atoms with Crippen molar-refractivity contribution in [2.45, 2.75) is 52.5 Å². The molecule has 1 amide bonds. The number of nitrogens with zero attached hydrogens (tertiary/aromatic N) is 4. The molecule has 1 saturated heterocycles. The molecule has 0 aliphatic carbocycles. The fourth-order valence-corrected chi connectivity index (χ4v) is 3.83. The Labute approximate surface area is 196 Å². The van der Waals surface area contributed by atoms with E-state index in [9.17, 15) is 4.79 Å². The maximum Gasteiger partial charge on any atom is 0.222 e. The topological polar surface area (TPSA) is 74.6 Å². The van der Waals surface area contributed by atoms with Crippen molar-refractivity contribution >= 4 is 46.9 Å². The average Bonchev–Trinajstić information content (AvgIpc) is 2.89. The van der Waals surface area contributed by atoms with Gasteiger partial charge < -0.3 is 20.1 Å². The van der Waals surface area contributed by atoms with Gasteiger partial charge in [-0.1, -0.05) is 18.6 Å². The number of guanidine groups is 1. The number of aliphatic imine (C=N–C) groups is 1. The van der Waals surface area contributed by atoms with Crippen LogP contribution in [0.3, 0.4) is 0 Å². The van der Waals surface area contributed by atoms with Gasteiger partial charge in [-0.3, -0.25) is 9.79 Å². The molecule has 1 fully saturated rings. The molecule has 2 aromatic rings. The van der Waals surface area contributed by atoms with Gasteiger partial charge in [0.2, 0.25) is 5.91 Å². The molecule has 1 aliphatic heterocycles. The molecule has 7 nitrogen and oxygen atoms in total. The van der Waals surface area contributed by atoms with E-state index in [0.717, 1.165) is 74.8 Å². The molecule has 2 heterocycles. The summed E-state index contributed by atoms with van der Waals surface area (Å²) in [5.41, 5.74) is 2.20. The van der Waals surface area contributed by atoms with Crippen molar-refractivity contribution in [2.75, 3.05) is 32.7 Å². The number of para-hydroxylation sites is 2. The van der Waals surface area contributed by atoms with E-state index in [-0.39, 0.29) is 24.0 Å². The molecule has 1 aromatic carbocycles. The largest absolute Gasteiger partial charge is 0.357 e. The van der Waals surface area contributed by atoms with E-state index in [1.807, 2.05) is 30.0 Å². The lowest BCUT2D eigenvalue weighted by atomic mass is 10.2. The first-order valence-electron chi connectivity index (χ1n) is 10.9. The first-order valence-corrected chi connectivity index (χ1v) is 10.9. The summed E-state index contributed by atoms with van der Waals surface area (Å²) in [5, 5.41) is 6.72. The van der Waals surface area contributed by atoms with Crippen LogP contribution in [-0.4, -0.2) is 59.0 Å². The van der Waals surface area contributed by atoms with Gasteiger partial charge in [0.05, 0.1) is 11.0 Å². The van der Waals surface area contributed by atoms with Gasteiger partial charge in [0, 0.05) is 45.7 Å². The van der Waals surface area contributed by atoms with E-state index in [1.54, 1.807) is 0 Å². The number of amides is 1. The molecule has 0 bridgehead atoms. The molecule has 0 spiro atoms. The van der Waals surface area contributed by atoms with Gasteiger partial charge >= 0.3 is 0 Å². The second-order valence-electron chi connectivity index (χ2n) is 7.53. The summed E-state index contributed by atoms with van der Waals surface area (Å²) in [6.45, 7) is 8.97. The third-order valence-electron chi connectivity index (χ3n) is 5.34. The van der Waals surface area contributed by atoms with Gasteiger partial charge in [0.25, 0.3) is 0 Å². The fourth-order valence-electron chi connectivity index (χ4n) is 3.83. The number of benzene rings is 1. The molecule has 8 heteroatoms. The van der Waals surface area contributed by atoms with Gasteiger partial charge in [-0.15, -0.1) is 24.0 Å². The SMILES string of the molecule is CCNC(=NCCCN1CCCCCC1=O)NCCn1c(C)nc2ccccc21.I. The van der Waals surface area contributed by atoms with Crippen LogP contribution >= 0.6 is 24.0 Å². The van der Waals surface area contributed by atoms with Crippen molar-refractivity contribution in [1.82, 2.24) is 25.1 Å². The Kier molecular flexibility index (Phi) is 10.4. The molecule has 0 radical (unpaired) electrons. The Hall–Kier alpha value is -1.84. The number of carbonyl (C=O) groups excluding carboxylic acids is 1. The monoisotopic (exact) mass is 526 g/mol. The van der Waals surface area contributed by atoms with Crippen LogP contribution in [0, 0.1) is 6.92 Å². The molecule has 166 valence electrons. The highest BCUT2D eigenvalue weighted by Gasteiger charge is 2.15. The summed E-state index contributed by atoms with van der Waals surface area (Å²) in [6, 6.07) is 8.23. The van der Waals surface area contributed by atoms with Crippen LogP contribution in [0.2, 0.25) is 0 Å². The highest BCUT2D eigenvalue weighted by molar-refractivity contribution is 14.0. The Morgan fingerprint density at radius 3 is 2.83 bits per heavy atom. The lowest BCUT2D eigenvalue weighted by Crippen LogP contribution is -2.39. The number of rotatable bonds is 8. The minimum absolute atomic E-state index is 0. The Morgan fingerprint density at radius 2 is 2.00 bits per heavy atom. The van der Waals surface area contributed by atoms with Crippen LogP contribution in [-0.2, 0) is 11.3 Å². The number of aromatic nitrogens is 2. The van der Waals surface area contributed by atoms with Crippen molar-refractivity contribution in [3.05, 3.63) is 30.1 Å². The number of fused-ring (bicyclic) bond motifs is 1. The number of halogens is 1. The van der Waals surface area contributed by atoms with E-state index < -0.39 is 0 Å². The molecule has 0 atom stereocenters. The van der Waals surface area contributed by atoms with Crippen LogP contribution in [0.5, 0.6) is 0 Å². The summed E-state index contributed by atoms with van der Waals surface area (Å²) in [7, 11) is 0. The third kappa shape index (κ3) is 6.85. The van der Waals surface area contributed by atoms with Crippen molar-refractivity contribution in [3.8, 4) is 0 Å². The van der Waals surface area contributed by atoms with Crippen LogP contribution in [0.25, 0.3) is 11.0 Å². The lowest BCUT2D eigenvalue weighted by Gasteiger charge is -2.20. The molecular weight excluding hydrogens is 491 g/mol. The lowest BCUT2D eigenvalue weighted by molar-refractivity contribution is -0.130. The molecule has 0 saturated carbocycles. The summed E-state index contributed by atoms with van der Waals surface area (Å²) in [4.78, 5) is 23.4. The van der Waals surface area contributed by atoms with E-state index >= 15 is 0 Å². The number of carbonyl (C=O) groups is 1. The highest BCUT2D eigenvalue weighted by Crippen LogP contribution is 2.15. The number of nitrogens with one attached hydrogen (secondary N) is 2. The van der Waals surface area contributed by atoms with Crippen LogP contribution in [0.4, 0.5) is 0 Å². The van der Waals surface area contributed by atoms with Gasteiger partial charge in [-0.2, -0.15) is 0 Å². The van der Waals surface area contributed by atoms with Crippen LogP contribution in [0.15, 0.2) is 29.3 Å². The van der Waals surface area contributed by atoms with Crippen molar-refractivity contribution in [3.63, 3.8) is 0 Å². The highest BCUT2D eigenvalue weighted by atomic mass is 127. The minimum Gasteiger partial charge on any atom is -0.357 e. The molecule has 1 aromatic heterocycles. The second kappa shape index (κ2) is 12.8. The van der Waals surface area contributed by atoms with E-state index in [4.69, 9.17) is 0 Å². The predicted molar refractivity (Wildman–Crippen MR) is 134 cm³/mol. The fraction of sp³-hybridized carbons (Fsp3) is 0.591. The average molecular weight is 526 g/mol. The number of likely N-dealkylation sites (tertiary alicyclic amines) is 1. The molecule has 0 unspecified atom stereocenters. The number of hydrogen-bond acceptors (Lipinski definition) is 3. The minimum atomic E-state index is 0. The maximum atomic E-state index is 12.1. The summed E-state index contributed by atoms with van der Waals surface area (Å²) < 4.78 is 2.23. The smallest absolute Gasteiger partial charge is 0.222 e. The van der Waals surface area contributed by atoms with Gasteiger partial charge in [0.15, 0.2) is 5.96 Å². The normalized spacial score (nSPS) is 15.1. The Balaban J connectivity index is 0.00000320. The summed E-state index contributed by atoms with van der Waals surface area (Å²) in [6.07, 6.45) is 4.93. The quantitative estimate of drug-likeness (QED) is 0.240. The maximum absolute atomic E-state index is 12.1. The number of aryl methyl sites for hydroxylation is 1. The molecule has 30 heavy (non-hydrogen) atoms. The van der Waals surface area contributed by atoms with Crippen molar-refractivity contribution in [1.29, 1.82) is 0 Å². The zero-order chi connectivity index (χ0) is 20.5. The predicted octanol–water partition coefficient (Wildman–Crippen LogP) is 3.31. The first-order chi connectivity index (χ1) is 14.2. The molecular formula is C22H35IN6O. The second-order valence-corrected chi connectivity index (χ2v) is 7.53. The van der Waals surface area contributed by atoms with E-state index in [0.29, 0.717) is 18.9 Å². The zero-order valence-corrected chi connectivity index (χ0v) is 20.5. The molecule has 3 rings (SSSR count). The van der Waals surface area contributed by atoms with Gasteiger partial charge in [-0.05, 0) is 45.2 Å². The van der Waals surface area contributed by atoms with E-state index in [2.05, 4.69) is 38.2 Å². The standard InChI is InChI=1S/C22H34N6O.HI/c1-3-23-22(24-13-9-16-27-15-8-4-5-12-21(27)29)25-14-17-28-18(2)26-19-10-6-7-11-20(19)28;/h6-7,10-11H,3-5,8-9,12-17H2,1-2H3,(H2,23,24,25);1H. The van der Waals surface area contributed by atoms with Crippen molar-refractivity contribution in [2.24, 2.45) is 4.99 Å². The summed E-state index contributed by atoms with van der Waals surface area (Å²) in [5.74, 6) is 2.16. The van der Waals surface area contributed by atoms with Crippen LogP contribution in [0.1, 0.15) is 44.9 Å². The van der Waals surface area contributed by atoms with Gasteiger partial charge in [-0.25, -0.2) is 4.98 Å².